The molecule has 2 aromatic carbocycles. The summed E-state index contributed by atoms with van der Waals surface area (Å²) in [6, 6.07) is 14.9. The molecule has 1 aliphatic heterocycles. The number of carbonyl (C=O) groups excluding carboxylic acids is 1. The zero-order valence-electron chi connectivity index (χ0n) is 15.7. The van der Waals surface area contributed by atoms with Crippen molar-refractivity contribution in [1.82, 2.24) is 19.8 Å². The zero-order valence-corrected chi connectivity index (χ0v) is 15.7. The molecule has 1 amide bonds. The second-order valence-electron chi connectivity index (χ2n) is 7.38. The van der Waals surface area contributed by atoms with Gasteiger partial charge in [0.1, 0.15) is 12.0 Å². The van der Waals surface area contributed by atoms with Gasteiger partial charge in [-0.15, -0.1) is 5.10 Å². The first-order chi connectivity index (χ1) is 14.2. The first-order valence-electron chi connectivity index (χ1n) is 9.58. The van der Waals surface area contributed by atoms with E-state index < -0.39 is 0 Å². The first-order valence-corrected chi connectivity index (χ1v) is 9.58. The Morgan fingerprint density at radius 1 is 1.21 bits per heavy atom. The van der Waals surface area contributed by atoms with Crippen molar-refractivity contribution in [2.24, 2.45) is 0 Å². The van der Waals surface area contributed by atoms with Crippen molar-refractivity contribution in [2.75, 3.05) is 13.1 Å². The van der Waals surface area contributed by atoms with Gasteiger partial charge in [-0.2, -0.15) is 0 Å². The monoisotopic (exact) mass is 390 g/mol. The zero-order chi connectivity index (χ0) is 19.8. The third kappa shape index (κ3) is 3.29. The predicted molar refractivity (Wildman–Crippen MR) is 105 cm³/mol. The third-order valence-corrected chi connectivity index (χ3v) is 5.55. The highest BCUT2D eigenvalue weighted by Crippen LogP contribution is 2.34. The van der Waals surface area contributed by atoms with E-state index in [0.29, 0.717) is 19.6 Å². The van der Waals surface area contributed by atoms with Crippen molar-refractivity contribution < 1.29 is 13.7 Å². The fraction of sp³-hybridized carbons (Fsp3) is 0.227. The molecule has 3 heterocycles. The fourth-order valence-corrected chi connectivity index (χ4v) is 4.18. The van der Waals surface area contributed by atoms with Crippen LogP contribution in [0.1, 0.15) is 34.0 Å². The van der Waals surface area contributed by atoms with Gasteiger partial charge in [0.05, 0.1) is 0 Å². The quantitative estimate of drug-likeness (QED) is 0.531. The number of aromatic nitrogens is 3. The summed E-state index contributed by atoms with van der Waals surface area (Å²) in [5, 5.41) is 8.14. The molecule has 0 aliphatic carbocycles. The van der Waals surface area contributed by atoms with Crippen LogP contribution in [0.15, 0.2) is 65.4 Å². The number of hydrogen-bond donors (Lipinski definition) is 0. The molecule has 2 aromatic heterocycles. The molecule has 0 saturated carbocycles. The Balaban J connectivity index is 1.44. The maximum absolute atomic E-state index is 13.6. The summed E-state index contributed by atoms with van der Waals surface area (Å²) < 4.78 is 20.7. The summed E-state index contributed by atoms with van der Waals surface area (Å²) >= 11 is 0. The van der Waals surface area contributed by atoms with Crippen molar-refractivity contribution in [3.63, 3.8) is 0 Å². The van der Waals surface area contributed by atoms with Crippen LogP contribution < -0.4 is 0 Å². The normalized spacial score (nSPS) is 16.6. The van der Waals surface area contributed by atoms with Crippen molar-refractivity contribution >= 4 is 16.8 Å². The van der Waals surface area contributed by atoms with E-state index in [1.807, 2.05) is 18.2 Å². The molecule has 29 heavy (non-hydrogen) atoms. The molecule has 1 unspecified atom stereocenters. The van der Waals surface area contributed by atoms with Crippen LogP contribution in [-0.4, -0.2) is 38.8 Å². The summed E-state index contributed by atoms with van der Waals surface area (Å²) in [6.07, 6.45) is 4.37. The Labute approximate surface area is 166 Å². The van der Waals surface area contributed by atoms with Crippen molar-refractivity contribution in [3.8, 4) is 0 Å². The number of carbonyl (C=O) groups is 1. The molecule has 7 heteroatoms. The van der Waals surface area contributed by atoms with Gasteiger partial charge in [-0.05, 0) is 35.7 Å². The Kier molecular flexibility index (Phi) is 4.35. The van der Waals surface area contributed by atoms with Crippen molar-refractivity contribution in [2.45, 2.75) is 18.9 Å². The lowest BCUT2D eigenvalue weighted by molar-refractivity contribution is 0.0748. The Morgan fingerprint density at radius 2 is 2.10 bits per heavy atom. The smallest absolute Gasteiger partial charge is 0.294 e. The van der Waals surface area contributed by atoms with Crippen LogP contribution in [0.3, 0.4) is 0 Å². The average Bonchev–Trinajstić information content (AvgIpc) is 3.48. The van der Waals surface area contributed by atoms with Crippen LogP contribution in [0.2, 0.25) is 0 Å². The van der Waals surface area contributed by atoms with E-state index in [1.54, 1.807) is 17.0 Å². The number of amides is 1. The Bertz CT molecular complexity index is 1170. The van der Waals surface area contributed by atoms with Crippen LogP contribution in [0, 0.1) is 5.82 Å². The molecule has 5 rings (SSSR count). The maximum Gasteiger partial charge on any atom is 0.294 e. The molecule has 1 fully saturated rings. The minimum Gasteiger partial charge on any atom is -0.343 e. The average molecular weight is 390 g/mol. The van der Waals surface area contributed by atoms with E-state index in [2.05, 4.69) is 33.3 Å². The third-order valence-electron chi connectivity index (χ3n) is 5.55. The highest BCUT2D eigenvalue weighted by Gasteiger charge is 2.31. The van der Waals surface area contributed by atoms with Gasteiger partial charge in [0, 0.05) is 47.9 Å². The van der Waals surface area contributed by atoms with Crippen LogP contribution in [0.25, 0.3) is 10.9 Å². The van der Waals surface area contributed by atoms with Gasteiger partial charge in [0.25, 0.3) is 5.91 Å². The maximum atomic E-state index is 13.6. The number of rotatable bonds is 4. The van der Waals surface area contributed by atoms with Gasteiger partial charge >= 0.3 is 0 Å². The van der Waals surface area contributed by atoms with Gasteiger partial charge in [0.2, 0.25) is 5.76 Å². The molecule has 146 valence electrons. The largest absolute Gasteiger partial charge is 0.343 e. The number of halogens is 1. The number of fused-ring (bicyclic) bond motifs is 1. The number of hydrogen-bond acceptors (Lipinski definition) is 4. The van der Waals surface area contributed by atoms with Gasteiger partial charge in [-0.1, -0.05) is 30.3 Å². The molecule has 0 spiro atoms. The van der Waals surface area contributed by atoms with Gasteiger partial charge < -0.3 is 14.0 Å². The molecule has 1 aliphatic rings. The number of likely N-dealkylation sites (tertiary alicyclic amines) is 1. The van der Waals surface area contributed by atoms with Crippen LogP contribution in [0.5, 0.6) is 0 Å². The summed E-state index contributed by atoms with van der Waals surface area (Å²) in [6.45, 7) is 1.87. The fourth-order valence-electron chi connectivity index (χ4n) is 4.18. The number of benzene rings is 2. The van der Waals surface area contributed by atoms with Crippen LogP contribution in [-0.2, 0) is 6.54 Å². The second kappa shape index (κ2) is 7.16. The van der Waals surface area contributed by atoms with E-state index in [1.165, 1.54) is 23.2 Å². The molecular formula is C22H19FN4O2. The standard InChI is InChI=1S/C22H19FN4O2/c23-17-5-3-4-15(10-17)12-27-14-19(18-6-1-2-7-20(18)27)16-8-9-26(13-16)22(28)21-11-24-25-29-21/h1-7,10-11,14,16H,8-9,12-13H2. The molecule has 0 radical (unpaired) electrons. The Morgan fingerprint density at radius 3 is 2.93 bits per heavy atom. The first kappa shape index (κ1) is 17.6. The van der Waals surface area contributed by atoms with Gasteiger partial charge in [0.15, 0.2) is 0 Å². The second-order valence-corrected chi connectivity index (χ2v) is 7.38. The molecule has 0 bridgehead atoms. The molecule has 1 saturated heterocycles. The van der Waals surface area contributed by atoms with Crippen LogP contribution >= 0.6 is 0 Å². The number of para-hydroxylation sites is 1. The molecule has 6 nitrogen and oxygen atoms in total. The van der Waals surface area contributed by atoms with Gasteiger partial charge in [-0.3, -0.25) is 4.79 Å². The molecule has 4 aromatic rings. The molecule has 0 N–H and O–H groups in total. The molecule has 1 atom stereocenters. The summed E-state index contributed by atoms with van der Waals surface area (Å²) in [4.78, 5) is 14.3. The minimum atomic E-state index is -0.231. The van der Waals surface area contributed by atoms with Gasteiger partial charge in [-0.25, -0.2) is 4.39 Å². The van der Waals surface area contributed by atoms with Crippen molar-refractivity contribution in [1.29, 1.82) is 0 Å². The highest BCUT2D eigenvalue weighted by molar-refractivity contribution is 5.91. The SMILES string of the molecule is O=C(c1cnno1)N1CCC(c2cn(Cc3cccc(F)c3)c3ccccc23)C1. The number of nitrogens with zero attached hydrogens (tertiary/aromatic N) is 4. The lowest BCUT2D eigenvalue weighted by atomic mass is 9.98. The lowest BCUT2D eigenvalue weighted by Crippen LogP contribution is -2.28. The van der Waals surface area contributed by atoms with E-state index >= 15 is 0 Å². The van der Waals surface area contributed by atoms with E-state index in [-0.39, 0.29) is 23.4 Å². The summed E-state index contributed by atoms with van der Waals surface area (Å²) in [5.74, 6) is -0.0142. The summed E-state index contributed by atoms with van der Waals surface area (Å²) in [7, 11) is 0. The predicted octanol–water partition coefficient (Wildman–Crippen LogP) is 3.84. The summed E-state index contributed by atoms with van der Waals surface area (Å²) in [5.41, 5.74) is 3.23. The topological polar surface area (TPSA) is 64.2 Å². The Hall–Kier alpha value is -3.48. The van der Waals surface area contributed by atoms with Crippen molar-refractivity contribution in [3.05, 3.63) is 83.6 Å². The minimum absolute atomic E-state index is 0.166. The van der Waals surface area contributed by atoms with E-state index in [4.69, 9.17) is 4.52 Å². The van der Waals surface area contributed by atoms with E-state index in [9.17, 15) is 9.18 Å². The highest BCUT2D eigenvalue weighted by atomic mass is 19.1. The molecular weight excluding hydrogens is 371 g/mol. The van der Waals surface area contributed by atoms with Crippen LogP contribution in [0.4, 0.5) is 4.39 Å². The van der Waals surface area contributed by atoms with E-state index in [0.717, 1.165) is 17.5 Å². The lowest BCUT2D eigenvalue weighted by Gasteiger charge is -2.14.